The SMILES string of the molecule is Cn1c(=O)c(C(C)(C)C(=O)O)cc2cccc(Br)c21. The molecule has 2 aromatic rings. The fourth-order valence-electron chi connectivity index (χ4n) is 2.06. The van der Waals surface area contributed by atoms with Gasteiger partial charge in [0, 0.05) is 17.1 Å². The first-order valence-corrected chi connectivity index (χ1v) is 6.58. The number of nitrogens with zero attached hydrogens (tertiary/aromatic N) is 1. The first-order chi connectivity index (χ1) is 8.76. The second kappa shape index (κ2) is 4.49. The highest BCUT2D eigenvalue weighted by molar-refractivity contribution is 9.10. The van der Waals surface area contributed by atoms with E-state index in [1.54, 1.807) is 13.1 Å². The van der Waals surface area contributed by atoms with Crippen molar-refractivity contribution >= 4 is 32.8 Å². The van der Waals surface area contributed by atoms with E-state index in [0.717, 1.165) is 15.4 Å². The Morgan fingerprint density at radius 2 is 2.00 bits per heavy atom. The van der Waals surface area contributed by atoms with Gasteiger partial charge >= 0.3 is 5.97 Å². The number of pyridine rings is 1. The molecular weight excluding hydrogens is 310 g/mol. The van der Waals surface area contributed by atoms with Crippen LogP contribution in [-0.2, 0) is 17.3 Å². The Kier molecular flexibility index (Phi) is 3.26. The maximum Gasteiger partial charge on any atom is 0.313 e. The number of para-hydroxylation sites is 1. The molecule has 2 rings (SSSR count). The fraction of sp³-hybridized carbons (Fsp3) is 0.286. The molecule has 100 valence electrons. The topological polar surface area (TPSA) is 59.3 Å². The molecule has 0 fully saturated rings. The zero-order valence-electron chi connectivity index (χ0n) is 10.9. The van der Waals surface area contributed by atoms with Gasteiger partial charge in [-0.05, 0) is 47.3 Å². The van der Waals surface area contributed by atoms with E-state index >= 15 is 0 Å². The molecule has 0 bridgehead atoms. The number of carboxylic acid groups (broad SMARTS) is 1. The van der Waals surface area contributed by atoms with Crippen molar-refractivity contribution in [2.24, 2.45) is 7.05 Å². The van der Waals surface area contributed by atoms with Gasteiger partial charge < -0.3 is 9.67 Å². The van der Waals surface area contributed by atoms with Crippen molar-refractivity contribution in [2.75, 3.05) is 0 Å². The maximum absolute atomic E-state index is 12.4. The minimum atomic E-state index is -1.22. The van der Waals surface area contributed by atoms with Crippen LogP contribution >= 0.6 is 15.9 Å². The quantitative estimate of drug-likeness (QED) is 0.924. The van der Waals surface area contributed by atoms with Crippen LogP contribution in [-0.4, -0.2) is 15.6 Å². The summed E-state index contributed by atoms with van der Waals surface area (Å²) in [6.07, 6.45) is 0. The fourth-order valence-corrected chi connectivity index (χ4v) is 2.71. The number of rotatable bonds is 2. The second-order valence-electron chi connectivity index (χ2n) is 5.03. The van der Waals surface area contributed by atoms with Crippen molar-refractivity contribution in [3.63, 3.8) is 0 Å². The number of benzene rings is 1. The van der Waals surface area contributed by atoms with Crippen molar-refractivity contribution < 1.29 is 9.90 Å². The van der Waals surface area contributed by atoms with Gasteiger partial charge in [0.2, 0.25) is 0 Å². The third kappa shape index (κ3) is 2.08. The third-order valence-electron chi connectivity index (χ3n) is 3.40. The Morgan fingerprint density at radius 1 is 1.37 bits per heavy atom. The average Bonchev–Trinajstić information content (AvgIpc) is 2.33. The molecule has 0 unspecified atom stereocenters. The number of fused-ring (bicyclic) bond motifs is 1. The van der Waals surface area contributed by atoms with Gasteiger partial charge in [-0.2, -0.15) is 0 Å². The predicted octanol–water partition coefficient (Wildman–Crippen LogP) is 2.66. The molecule has 5 heteroatoms. The van der Waals surface area contributed by atoms with Crippen molar-refractivity contribution in [3.05, 3.63) is 44.7 Å². The molecule has 4 nitrogen and oxygen atoms in total. The lowest BCUT2D eigenvalue weighted by Gasteiger charge is -2.20. The van der Waals surface area contributed by atoms with E-state index in [0.29, 0.717) is 0 Å². The largest absolute Gasteiger partial charge is 0.481 e. The number of hydrogen-bond donors (Lipinski definition) is 1. The normalized spacial score (nSPS) is 11.8. The lowest BCUT2D eigenvalue weighted by Crippen LogP contribution is -2.37. The van der Waals surface area contributed by atoms with E-state index < -0.39 is 11.4 Å². The van der Waals surface area contributed by atoms with Gasteiger partial charge in [0.1, 0.15) is 0 Å². The van der Waals surface area contributed by atoms with Crippen molar-refractivity contribution in [1.82, 2.24) is 4.57 Å². The number of halogens is 1. The Morgan fingerprint density at radius 3 is 2.58 bits per heavy atom. The number of aliphatic carboxylic acids is 1. The van der Waals surface area contributed by atoms with Crippen LogP contribution in [0.1, 0.15) is 19.4 Å². The standard InChI is InChI=1S/C14H14BrNO3/c1-14(2,13(18)19)9-7-8-5-4-6-10(15)11(8)16(3)12(9)17/h4-7H,1-3H3,(H,18,19). The van der Waals surface area contributed by atoms with E-state index in [-0.39, 0.29) is 11.1 Å². The second-order valence-corrected chi connectivity index (χ2v) is 5.88. The number of carboxylic acids is 1. The van der Waals surface area contributed by atoms with E-state index in [4.69, 9.17) is 0 Å². The molecule has 0 aliphatic heterocycles. The van der Waals surface area contributed by atoms with Crippen LogP contribution in [0, 0.1) is 0 Å². The molecule has 19 heavy (non-hydrogen) atoms. The van der Waals surface area contributed by atoms with E-state index in [9.17, 15) is 14.7 Å². The lowest BCUT2D eigenvalue weighted by molar-refractivity contribution is -0.142. The van der Waals surface area contributed by atoms with Crippen molar-refractivity contribution in [2.45, 2.75) is 19.3 Å². The summed E-state index contributed by atoms with van der Waals surface area (Å²) >= 11 is 3.41. The van der Waals surface area contributed by atoms with Gasteiger partial charge in [-0.1, -0.05) is 12.1 Å². The highest BCUT2D eigenvalue weighted by atomic mass is 79.9. The Labute approximate surface area is 118 Å². The van der Waals surface area contributed by atoms with Gasteiger partial charge in [-0.3, -0.25) is 9.59 Å². The lowest BCUT2D eigenvalue weighted by atomic mass is 9.85. The summed E-state index contributed by atoms with van der Waals surface area (Å²) in [6, 6.07) is 7.23. The molecule has 1 heterocycles. The molecule has 1 aromatic heterocycles. The average molecular weight is 324 g/mol. The van der Waals surface area contributed by atoms with Crippen molar-refractivity contribution in [3.8, 4) is 0 Å². The summed E-state index contributed by atoms with van der Waals surface area (Å²) in [5, 5.41) is 10.1. The van der Waals surface area contributed by atoms with Gasteiger partial charge in [0.15, 0.2) is 0 Å². The Bertz CT molecular complexity index is 731. The molecule has 0 radical (unpaired) electrons. The molecule has 0 atom stereocenters. The van der Waals surface area contributed by atoms with Crippen LogP contribution in [0.25, 0.3) is 10.9 Å². The number of aromatic nitrogens is 1. The van der Waals surface area contributed by atoms with Gasteiger partial charge in [0.25, 0.3) is 5.56 Å². The molecule has 1 aromatic carbocycles. The summed E-state index contributed by atoms with van der Waals surface area (Å²) < 4.78 is 2.30. The molecule has 0 spiro atoms. The zero-order valence-corrected chi connectivity index (χ0v) is 12.5. The molecule has 0 amide bonds. The summed E-state index contributed by atoms with van der Waals surface area (Å²) in [7, 11) is 1.65. The van der Waals surface area contributed by atoms with Crippen LogP contribution in [0.2, 0.25) is 0 Å². The van der Waals surface area contributed by atoms with Crippen LogP contribution in [0.5, 0.6) is 0 Å². The maximum atomic E-state index is 12.4. The smallest absolute Gasteiger partial charge is 0.313 e. The first kappa shape index (κ1) is 13.8. The monoisotopic (exact) mass is 323 g/mol. The minimum Gasteiger partial charge on any atom is -0.481 e. The highest BCUT2D eigenvalue weighted by Crippen LogP contribution is 2.27. The van der Waals surface area contributed by atoms with Crippen LogP contribution < -0.4 is 5.56 Å². The van der Waals surface area contributed by atoms with E-state index in [1.807, 2.05) is 18.2 Å². The number of aryl methyl sites for hydroxylation is 1. The molecule has 0 saturated carbocycles. The van der Waals surface area contributed by atoms with Crippen LogP contribution in [0.3, 0.4) is 0 Å². The highest BCUT2D eigenvalue weighted by Gasteiger charge is 2.33. The number of carbonyl (C=O) groups is 1. The molecule has 0 aliphatic rings. The summed E-state index contributed by atoms with van der Waals surface area (Å²) in [4.78, 5) is 23.7. The Hall–Kier alpha value is -1.62. The van der Waals surface area contributed by atoms with Gasteiger partial charge in [0.05, 0.1) is 10.9 Å². The Balaban J connectivity index is 2.91. The van der Waals surface area contributed by atoms with Crippen LogP contribution in [0.15, 0.2) is 33.5 Å². The van der Waals surface area contributed by atoms with E-state index in [2.05, 4.69) is 15.9 Å². The van der Waals surface area contributed by atoms with Crippen molar-refractivity contribution in [1.29, 1.82) is 0 Å². The minimum absolute atomic E-state index is 0.285. The first-order valence-electron chi connectivity index (χ1n) is 5.79. The van der Waals surface area contributed by atoms with Gasteiger partial charge in [-0.15, -0.1) is 0 Å². The molecular formula is C14H14BrNO3. The van der Waals surface area contributed by atoms with Gasteiger partial charge in [-0.25, -0.2) is 0 Å². The van der Waals surface area contributed by atoms with Crippen LogP contribution in [0.4, 0.5) is 0 Å². The molecule has 1 N–H and O–H groups in total. The summed E-state index contributed by atoms with van der Waals surface area (Å²) in [6.45, 7) is 3.08. The third-order valence-corrected chi connectivity index (χ3v) is 4.04. The number of hydrogen-bond acceptors (Lipinski definition) is 2. The zero-order chi connectivity index (χ0) is 14.4. The van der Waals surface area contributed by atoms with E-state index in [1.165, 1.54) is 18.4 Å². The molecule has 0 aliphatic carbocycles. The summed E-state index contributed by atoms with van der Waals surface area (Å²) in [5.41, 5.74) is -0.455. The molecule has 0 saturated heterocycles. The predicted molar refractivity (Wildman–Crippen MR) is 77.6 cm³/mol. The summed E-state index contributed by atoms with van der Waals surface area (Å²) in [5.74, 6) is -1.01.